The van der Waals surface area contributed by atoms with E-state index in [1.807, 2.05) is 19.0 Å². The first-order chi connectivity index (χ1) is 7.16. The van der Waals surface area contributed by atoms with Crippen molar-refractivity contribution in [3.63, 3.8) is 0 Å². The smallest absolute Gasteiger partial charge is 0.166 e. The van der Waals surface area contributed by atoms with E-state index >= 15 is 0 Å². The fourth-order valence-corrected chi connectivity index (χ4v) is 1.79. The van der Waals surface area contributed by atoms with Gasteiger partial charge in [0.15, 0.2) is 5.78 Å². The maximum Gasteiger partial charge on any atom is 0.166 e. The SMILES string of the molecule is CN(C)Cc1ncc2c(n1)CCCC2=O. The normalized spacial score (nSPS) is 15.5. The van der Waals surface area contributed by atoms with Crippen molar-refractivity contribution in [2.45, 2.75) is 25.8 Å². The molecule has 4 nitrogen and oxygen atoms in total. The second kappa shape index (κ2) is 4.06. The lowest BCUT2D eigenvalue weighted by Gasteiger charge is -2.15. The molecule has 1 aromatic rings. The Kier molecular flexibility index (Phi) is 2.77. The van der Waals surface area contributed by atoms with E-state index in [9.17, 15) is 4.79 Å². The second-order valence-electron chi connectivity index (χ2n) is 4.16. The summed E-state index contributed by atoms with van der Waals surface area (Å²) in [4.78, 5) is 22.2. The molecule has 0 spiro atoms. The van der Waals surface area contributed by atoms with Crippen LogP contribution in [0.2, 0.25) is 0 Å². The summed E-state index contributed by atoms with van der Waals surface area (Å²) in [5.74, 6) is 0.987. The van der Waals surface area contributed by atoms with Gasteiger partial charge >= 0.3 is 0 Å². The standard InChI is InChI=1S/C11H15N3O/c1-14(2)7-11-12-6-8-9(13-11)4-3-5-10(8)15/h6H,3-5,7H2,1-2H3. The van der Waals surface area contributed by atoms with Gasteiger partial charge in [0.2, 0.25) is 0 Å². The van der Waals surface area contributed by atoms with Gasteiger partial charge in [-0.3, -0.25) is 4.79 Å². The summed E-state index contributed by atoms with van der Waals surface area (Å²) < 4.78 is 0. The molecule has 15 heavy (non-hydrogen) atoms. The number of rotatable bonds is 2. The lowest BCUT2D eigenvalue weighted by Crippen LogP contribution is -2.18. The van der Waals surface area contributed by atoms with Crippen molar-refractivity contribution in [1.29, 1.82) is 0 Å². The highest BCUT2D eigenvalue weighted by atomic mass is 16.1. The van der Waals surface area contributed by atoms with Gasteiger partial charge in [-0.15, -0.1) is 0 Å². The molecule has 1 aromatic heterocycles. The quantitative estimate of drug-likeness (QED) is 0.724. The van der Waals surface area contributed by atoms with Crippen molar-refractivity contribution in [1.82, 2.24) is 14.9 Å². The summed E-state index contributed by atoms with van der Waals surface area (Å²) >= 11 is 0. The van der Waals surface area contributed by atoms with E-state index in [1.165, 1.54) is 0 Å². The Hall–Kier alpha value is -1.29. The van der Waals surface area contributed by atoms with Crippen LogP contribution in [-0.4, -0.2) is 34.7 Å². The van der Waals surface area contributed by atoms with E-state index in [0.29, 0.717) is 6.42 Å². The largest absolute Gasteiger partial charge is 0.302 e. The molecule has 1 aliphatic rings. The molecular weight excluding hydrogens is 190 g/mol. The highest BCUT2D eigenvalue weighted by molar-refractivity contribution is 5.97. The number of carbonyl (C=O) groups excluding carboxylic acids is 1. The molecule has 0 fully saturated rings. The summed E-state index contributed by atoms with van der Waals surface area (Å²) in [6, 6.07) is 0. The number of aryl methyl sites for hydroxylation is 1. The van der Waals surface area contributed by atoms with Crippen LogP contribution in [0.15, 0.2) is 6.20 Å². The molecule has 2 rings (SSSR count). The van der Waals surface area contributed by atoms with Gasteiger partial charge in [-0.05, 0) is 26.9 Å². The van der Waals surface area contributed by atoms with E-state index < -0.39 is 0 Å². The third kappa shape index (κ3) is 2.21. The molecule has 0 saturated heterocycles. The van der Waals surface area contributed by atoms with Gasteiger partial charge in [0.25, 0.3) is 0 Å². The number of aromatic nitrogens is 2. The van der Waals surface area contributed by atoms with Gasteiger partial charge < -0.3 is 4.90 Å². The molecule has 0 aliphatic heterocycles. The van der Waals surface area contributed by atoms with Crippen LogP contribution in [-0.2, 0) is 13.0 Å². The van der Waals surface area contributed by atoms with Crippen LogP contribution in [0.1, 0.15) is 34.7 Å². The summed E-state index contributed by atoms with van der Waals surface area (Å²) in [7, 11) is 3.96. The number of hydrogen-bond acceptors (Lipinski definition) is 4. The minimum atomic E-state index is 0.188. The molecule has 4 heteroatoms. The number of nitrogens with zero attached hydrogens (tertiary/aromatic N) is 3. The number of fused-ring (bicyclic) bond motifs is 1. The lowest BCUT2D eigenvalue weighted by molar-refractivity contribution is 0.0971. The molecule has 0 N–H and O–H groups in total. The number of Topliss-reactive ketones (excluding diaryl/α,β-unsaturated/α-hetero) is 1. The van der Waals surface area contributed by atoms with Crippen LogP contribution in [0, 0.1) is 0 Å². The van der Waals surface area contributed by atoms with Gasteiger partial charge in [-0.25, -0.2) is 9.97 Å². The van der Waals surface area contributed by atoms with Crippen LogP contribution in [0.4, 0.5) is 0 Å². The van der Waals surface area contributed by atoms with Crippen molar-refractivity contribution >= 4 is 5.78 Å². The maximum absolute atomic E-state index is 11.5. The fraction of sp³-hybridized carbons (Fsp3) is 0.545. The average Bonchev–Trinajstić information content (AvgIpc) is 2.17. The van der Waals surface area contributed by atoms with Crippen LogP contribution in [0.5, 0.6) is 0 Å². The summed E-state index contributed by atoms with van der Waals surface area (Å²) in [6.45, 7) is 0.724. The molecule has 0 amide bonds. The van der Waals surface area contributed by atoms with Gasteiger partial charge in [-0.2, -0.15) is 0 Å². The Bertz CT molecular complexity index is 387. The van der Waals surface area contributed by atoms with Crippen molar-refractivity contribution in [3.8, 4) is 0 Å². The molecule has 0 saturated carbocycles. The minimum absolute atomic E-state index is 0.188. The summed E-state index contributed by atoms with van der Waals surface area (Å²) in [5.41, 5.74) is 1.65. The first-order valence-corrected chi connectivity index (χ1v) is 5.19. The van der Waals surface area contributed by atoms with Crippen molar-refractivity contribution in [3.05, 3.63) is 23.3 Å². The van der Waals surface area contributed by atoms with E-state index in [0.717, 1.165) is 36.5 Å². The Labute approximate surface area is 89.3 Å². The maximum atomic E-state index is 11.5. The predicted molar refractivity (Wildman–Crippen MR) is 56.7 cm³/mol. The first kappa shape index (κ1) is 10.2. The van der Waals surface area contributed by atoms with Gasteiger partial charge in [0.05, 0.1) is 17.8 Å². The molecule has 0 bridgehead atoms. The van der Waals surface area contributed by atoms with Crippen molar-refractivity contribution in [2.75, 3.05) is 14.1 Å². The van der Waals surface area contributed by atoms with Gasteiger partial charge in [0.1, 0.15) is 5.82 Å². The first-order valence-electron chi connectivity index (χ1n) is 5.19. The third-order valence-electron chi connectivity index (χ3n) is 2.49. The molecule has 1 heterocycles. The molecule has 0 atom stereocenters. The number of ketones is 1. The molecular formula is C11H15N3O. The highest BCUT2D eigenvalue weighted by Crippen LogP contribution is 2.18. The molecule has 0 radical (unpaired) electrons. The van der Waals surface area contributed by atoms with Gasteiger partial charge in [0, 0.05) is 12.6 Å². The van der Waals surface area contributed by atoms with E-state index in [2.05, 4.69) is 9.97 Å². The van der Waals surface area contributed by atoms with Crippen LogP contribution >= 0.6 is 0 Å². The zero-order chi connectivity index (χ0) is 10.8. The Morgan fingerprint density at radius 2 is 2.20 bits per heavy atom. The van der Waals surface area contributed by atoms with E-state index in [-0.39, 0.29) is 5.78 Å². The Morgan fingerprint density at radius 1 is 1.40 bits per heavy atom. The summed E-state index contributed by atoms with van der Waals surface area (Å²) in [6.07, 6.45) is 4.15. The van der Waals surface area contributed by atoms with Gasteiger partial charge in [-0.1, -0.05) is 0 Å². The zero-order valence-electron chi connectivity index (χ0n) is 9.16. The third-order valence-corrected chi connectivity index (χ3v) is 2.49. The van der Waals surface area contributed by atoms with E-state index in [4.69, 9.17) is 0 Å². The van der Waals surface area contributed by atoms with Crippen LogP contribution < -0.4 is 0 Å². The molecule has 0 unspecified atom stereocenters. The van der Waals surface area contributed by atoms with Crippen molar-refractivity contribution < 1.29 is 4.79 Å². The second-order valence-corrected chi connectivity index (χ2v) is 4.16. The minimum Gasteiger partial charge on any atom is -0.302 e. The number of carbonyl (C=O) groups is 1. The fourth-order valence-electron chi connectivity index (χ4n) is 1.79. The predicted octanol–water partition coefficient (Wildman–Crippen LogP) is 1.06. The summed E-state index contributed by atoms with van der Waals surface area (Å²) in [5, 5.41) is 0. The van der Waals surface area contributed by atoms with E-state index in [1.54, 1.807) is 6.20 Å². The highest BCUT2D eigenvalue weighted by Gasteiger charge is 2.19. The Balaban J connectivity index is 2.29. The zero-order valence-corrected chi connectivity index (χ0v) is 9.16. The average molecular weight is 205 g/mol. The van der Waals surface area contributed by atoms with Crippen molar-refractivity contribution in [2.24, 2.45) is 0 Å². The molecule has 0 aromatic carbocycles. The lowest BCUT2D eigenvalue weighted by atomic mass is 9.96. The monoisotopic (exact) mass is 205 g/mol. The Morgan fingerprint density at radius 3 is 2.93 bits per heavy atom. The topological polar surface area (TPSA) is 46.1 Å². The number of hydrogen-bond donors (Lipinski definition) is 0. The molecule has 1 aliphatic carbocycles. The molecule has 80 valence electrons. The van der Waals surface area contributed by atoms with Crippen LogP contribution in [0.3, 0.4) is 0 Å². The van der Waals surface area contributed by atoms with Crippen LogP contribution in [0.25, 0.3) is 0 Å².